The number of nitrogens with zero attached hydrogens (tertiary/aromatic N) is 1. The predicted octanol–water partition coefficient (Wildman–Crippen LogP) is 1.75. The second kappa shape index (κ2) is 7.02. The summed E-state index contributed by atoms with van der Waals surface area (Å²) in [5, 5.41) is 2.97. The minimum absolute atomic E-state index is 0.0464. The van der Waals surface area contributed by atoms with Crippen molar-refractivity contribution in [2.24, 2.45) is 5.92 Å². The zero-order valence-corrected chi connectivity index (χ0v) is 13.6. The molecule has 1 N–H and O–H groups in total. The molecule has 3 rings (SSSR count). The summed E-state index contributed by atoms with van der Waals surface area (Å²) >= 11 is 0. The topological polar surface area (TPSA) is 58.6 Å². The van der Waals surface area contributed by atoms with Crippen LogP contribution in [0.4, 0.5) is 0 Å². The largest absolute Gasteiger partial charge is 0.497 e. The van der Waals surface area contributed by atoms with E-state index in [4.69, 9.17) is 4.74 Å². The Bertz CT molecular complexity index is 583. The number of benzene rings is 1. The van der Waals surface area contributed by atoms with Gasteiger partial charge in [0.25, 0.3) is 0 Å². The van der Waals surface area contributed by atoms with Crippen LogP contribution in [0.5, 0.6) is 5.75 Å². The normalized spacial score (nSPS) is 20.7. The maximum atomic E-state index is 12.0. The lowest BCUT2D eigenvalue weighted by molar-refractivity contribution is -0.128. The van der Waals surface area contributed by atoms with E-state index in [0.717, 1.165) is 30.7 Å². The maximum absolute atomic E-state index is 12.0. The highest BCUT2D eigenvalue weighted by Crippen LogP contribution is 2.32. The Kier molecular flexibility index (Phi) is 4.84. The van der Waals surface area contributed by atoms with Gasteiger partial charge in [0.1, 0.15) is 5.75 Å². The first kappa shape index (κ1) is 15.8. The number of methoxy groups -OCH3 is 1. The number of nitrogens with one attached hydrogen (secondary N) is 1. The van der Waals surface area contributed by atoms with Crippen LogP contribution in [0.25, 0.3) is 0 Å². The number of ether oxygens (including phenoxy) is 1. The first-order valence-corrected chi connectivity index (χ1v) is 8.35. The lowest BCUT2D eigenvalue weighted by atomic mass is 10.1. The molecule has 1 aromatic rings. The van der Waals surface area contributed by atoms with E-state index in [-0.39, 0.29) is 17.7 Å². The van der Waals surface area contributed by atoms with Crippen LogP contribution in [-0.2, 0) is 16.0 Å². The quantitative estimate of drug-likeness (QED) is 0.834. The third-order valence-electron chi connectivity index (χ3n) is 4.59. The number of carbonyl (C=O) groups is 2. The molecule has 1 saturated carbocycles. The Hall–Kier alpha value is -2.04. The molecule has 0 aromatic heterocycles. The van der Waals surface area contributed by atoms with Crippen LogP contribution in [0.3, 0.4) is 0 Å². The molecule has 2 aliphatic rings. The van der Waals surface area contributed by atoms with Gasteiger partial charge in [-0.3, -0.25) is 9.59 Å². The van der Waals surface area contributed by atoms with Gasteiger partial charge >= 0.3 is 0 Å². The van der Waals surface area contributed by atoms with Crippen molar-refractivity contribution in [1.82, 2.24) is 10.2 Å². The van der Waals surface area contributed by atoms with Gasteiger partial charge in [0.2, 0.25) is 11.8 Å². The van der Waals surface area contributed by atoms with E-state index in [1.165, 1.54) is 0 Å². The number of rotatable bonds is 7. The van der Waals surface area contributed by atoms with Crippen LogP contribution in [0.15, 0.2) is 24.3 Å². The molecule has 1 saturated heterocycles. The Morgan fingerprint density at radius 2 is 2.22 bits per heavy atom. The van der Waals surface area contributed by atoms with Crippen molar-refractivity contribution in [3.8, 4) is 5.75 Å². The van der Waals surface area contributed by atoms with Crippen molar-refractivity contribution >= 4 is 11.8 Å². The van der Waals surface area contributed by atoms with Crippen LogP contribution < -0.4 is 10.1 Å². The predicted molar refractivity (Wildman–Crippen MR) is 87.2 cm³/mol. The number of aryl methyl sites for hydroxylation is 1. The molecule has 5 heteroatoms. The summed E-state index contributed by atoms with van der Waals surface area (Å²) in [5.41, 5.74) is 1.09. The van der Waals surface area contributed by atoms with Gasteiger partial charge in [-0.05, 0) is 37.0 Å². The molecule has 0 radical (unpaired) electrons. The number of hydrogen-bond donors (Lipinski definition) is 1. The van der Waals surface area contributed by atoms with Gasteiger partial charge in [-0.1, -0.05) is 12.1 Å². The van der Waals surface area contributed by atoms with Crippen molar-refractivity contribution < 1.29 is 14.3 Å². The van der Waals surface area contributed by atoms with E-state index < -0.39 is 0 Å². The van der Waals surface area contributed by atoms with Crippen LogP contribution in [-0.4, -0.2) is 43.0 Å². The summed E-state index contributed by atoms with van der Waals surface area (Å²) in [5.74, 6) is 1.38. The molecule has 5 nitrogen and oxygen atoms in total. The number of carbonyl (C=O) groups excluding carboxylic acids is 2. The Labute approximate surface area is 137 Å². The summed E-state index contributed by atoms with van der Waals surface area (Å²) in [4.78, 5) is 25.9. The summed E-state index contributed by atoms with van der Waals surface area (Å²) < 4.78 is 5.18. The van der Waals surface area contributed by atoms with Gasteiger partial charge in [0.05, 0.1) is 7.11 Å². The van der Waals surface area contributed by atoms with E-state index in [0.29, 0.717) is 31.8 Å². The molecule has 1 aromatic carbocycles. The smallest absolute Gasteiger partial charge is 0.223 e. The minimum atomic E-state index is 0.0464. The lowest BCUT2D eigenvalue weighted by Gasteiger charge is -2.15. The molecule has 1 unspecified atom stereocenters. The standard InChI is InChI=1S/C18H24N2O3/c1-23-16-4-2-3-13(9-16)5-8-17(21)19-11-14-10-18(22)20(12-14)15-6-7-15/h2-4,9,14-15H,5-8,10-12H2,1H3,(H,19,21). The van der Waals surface area contributed by atoms with Crippen molar-refractivity contribution in [2.75, 3.05) is 20.2 Å². The minimum Gasteiger partial charge on any atom is -0.497 e. The second-order valence-corrected chi connectivity index (χ2v) is 6.50. The summed E-state index contributed by atoms with van der Waals surface area (Å²) in [7, 11) is 1.64. The molecule has 2 amide bonds. The lowest BCUT2D eigenvalue weighted by Crippen LogP contribution is -2.32. The summed E-state index contributed by atoms with van der Waals surface area (Å²) in [6.07, 6.45) is 4.02. The molecule has 1 aliphatic heterocycles. The molecule has 1 aliphatic carbocycles. The fourth-order valence-electron chi connectivity index (χ4n) is 3.12. The summed E-state index contributed by atoms with van der Waals surface area (Å²) in [6, 6.07) is 8.26. The molecule has 23 heavy (non-hydrogen) atoms. The van der Waals surface area contributed by atoms with Gasteiger partial charge in [-0.25, -0.2) is 0 Å². The average molecular weight is 316 g/mol. The maximum Gasteiger partial charge on any atom is 0.223 e. The van der Waals surface area contributed by atoms with Gasteiger partial charge in [0.15, 0.2) is 0 Å². The number of amides is 2. The van der Waals surface area contributed by atoms with Gasteiger partial charge < -0.3 is 15.0 Å². The van der Waals surface area contributed by atoms with Crippen molar-refractivity contribution in [3.05, 3.63) is 29.8 Å². The van der Waals surface area contributed by atoms with Crippen LogP contribution in [0.2, 0.25) is 0 Å². The molecule has 1 atom stereocenters. The molecular formula is C18H24N2O3. The van der Waals surface area contributed by atoms with Gasteiger partial charge in [-0.2, -0.15) is 0 Å². The second-order valence-electron chi connectivity index (χ2n) is 6.50. The molecule has 1 heterocycles. The Balaban J connectivity index is 1.39. The molecule has 0 spiro atoms. The highest BCUT2D eigenvalue weighted by atomic mass is 16.5. The zero-order valence-electron chi connectivity index (χ0n) is 13.6. The first-order chi connectivity index (χ1) is 11.2. The van der Waals surface area contributed by atoms with E-state index >= 15 is 0 Å². The van der Waals surface area contributed by atoms with Crippen molar-refractivity contribution in [1.29, 1.82) is 0 Å². The third-order valence-corrected chi connectivity index (χ3v) is 4.59. The summed E-state index contributed by atoms with van der Waals surface area (Å²) in [6.45, 7) is 1.41. The van der Waals surface area contributed by atoms with E-state index in [1.54, 1.807) is 7.11 Å². The van der Waals surface area contributed by atoms with Crippen LogP contribution in [0, 0.1) is 5.92 Å². The van der Waals surface area contributed by atoms with Crippen LogP contribution in [0.1, 0.15) is 31.2 Å². The van der Waals surface area contributed by atoms with Gasteiger partial charge in [0, 0.05) is 37.9 Å². The zero-order chi connectivity index (χ0) is 16.2. The Morgan fingerprint density at radius 3 is 2.96 bits per heavy atom. The molecule has 124 valence electrons. The molecule has 2 fully saturated rings. The van der Waals surface area contributed by atoms with Crippen molar-refractivity contribution in [3.63, 3.8) is 0 Å². The first-order valence-electron chi connectivity index (χ1n) is 8.35. The Morgan fingerprint density at radius 1 is 1.39 bits per heavy atom. The van der Waals surface area contributed by atoms with E-state index in [1.807, 2.05) is 29.2 Å². The fraction of sp³-hybridized carbons (Fsp3) is 0.556. The molecular weight excluding hydrogens is 292 g/mol. The van der Waals surface area contributed by atoms with E-state index in [9.17, 15) is 9.59 Å². The van der Waals surface area contributed by atoms with Crippen molar-refractivity contribution in [2.45, 2.75) is 38.1 Å². The fourth-order valence-corrected chi connectivity index (χ4v) is 3.12. The third kappa shape index (κ3) is 4.24. The SMILES string of the molecule is COc1cccc(CCC(=O)NCC2CC(=O)N(C3CC3)C2)c1. The number of likely N-dealkylation sites (tertiary alicyclic amines) is 1. The van der Waals surface area contributed by atoms with Crippen LogP contribution >= 0.6 is 0 Å². The average Bonchev–Trinajstić information content (AvgIpc) is 3.34. The van der Waals surface area contributed by atoms with E-state index in [2.05, 4.69) is 5.32 Å². The number of hydrogen-bond acceptors (Lipinski definition) is 3. The highest BCUT2D eigenvalue weighted by molar-refractivity contribution is 5.80. The molecule has 0 bridgehead atoms. The van der Waals surface area contributed by atoms with Gasteiger partial charge in [-0.15, -0.1) is 0 Å². The monoisotopic (exact) mass is 316 g/mol. The highest BCUT2D eigenvalue weighted by Gasteiger charge is 2.39.